The Morgan fingerprint density at radius 1 is 1.22 bits per heavy atom. The predicted octanol–water partition coefficient (Wildman–Crippen LogP) is 1.32. The molecular formula is C13H12N2O3. The molecule has 2 amide bonds. The van der Waals surface area contributed by atoms with Crippen LogP contribution in [0.5, 0.6) is 5.75 Å². The molecule has 1 aliphatic heterocycles. The number of hydrogen-bond acceptors (Lipinski definition) is 3. The number of benzene rings is 1. The molecule has 0 spiro atoms. The Morgan fingerprint density at radius 3 is 2.78 bits per heavy atom. The van der Waals surface area contributed by atoms with Crippen molar-refractivity contribution in [1.82, 2.24) is 9.88 Å². The first-order chi connectivity index (χ1) is 8.63. The van der Waals surface area contributed by atoms with Crippen LogP contribution in [0.1, 0.15) is 18.9 Å². The van der Waals surface area contributed by atoms with Crippen molar-refractivity contribution in [3.63, 3.8) is 0 Å². The number of carbonyl (C=O) groups excluding carboxylic acids is 2. The highest BCUT2D eigenvalue weighted by Gasteiger charge is 2.27. The number of imide groups is 1. The van der Waals surface area contributed by atoms with Gasteiger partial charge in [0, 0.05) is 24.2 Å². The van der Waals surface area contributed by atoms with E-state index in [2.05, 4.69) is 5.32 Å². The highest BCUT2D eigenvalue weighted by molar-refractivity contribution is 5.99. The molecule has 18 heavy (non-hydrogen) atoms. The second kappa shape index (κ2) is 3.87. The highest BCUT2D eigenvalue weighted by Crippen LogP contribution is 2.25. The zero-order valence-corrected chi connectivity index (χ0v) is 9.59. The minimum Gasteiger partial charge on any atom is -0.508 e. The van der Waals surface area contributed by atoms with Crippen molar-refractivity contribution in [2.75, 3.05) is 0 Å². The number of nitrogens with zero attached hydrogens (tertiary/aromatic N) is 1. The molecule has 1 fully saturated rings. The van der Waals surface area contributed by atoms with Gasteiger partial charge < -0.3 is 9.67 Å². The lowest BCUT2D eigenvalue weighted by molar-refractivity contribution is -0.135. The zero-order valence-electron chi connectivity index (χ0n) is 9.59. The largest absolute Gasteiger partial charge is 0.508 e. The van der Waals surface area contributed by atoms with Crippen LogP contribution in [0, 0.1) is 0 Å². The van der Waals surface area contributed by atoms with Crippen LogP contribution in [0.2, 0.25) is 0 Å². The van der Waals surface area contributed by atoms with Crippen molar-refractivity contribution in [2.45, 2.75) is 18.9 Å². The molecule has 5 nitrogen and oxygen atoms in total. The number of phenols is 1. The van der Waals surface area contributed by atoms with Crippen LogP contribution in [-0.4, -0.2) is 21.5 Å². The third-order valence-electron chi connectivity index (χ3n) is 3.22. The second-order valence-corrected chi connectivity index (χ2v) is 4.49. The number of carbonyl (C=O) groups is 2. The fourth-order valence-electron chi connectivity index (χ4n) is 2.30. The molecule has 0 aliphatic carbocycles. The summed E-state index contributed by atoms with van der Waals surface area (Å²) in [5, 5.41) is 13.6. The summed E-state index contributed by atoms with van der Waals surface area (Å²) in [6, 6.07) is 4.71. The van der Waals surface area contributed by atoms with Crippen LogP contribution >= 0.6 is 0 Å². The van der Waals surface area contributed by atoms with Crippen molar-refractivity contribution in [2.24, 2.45) is 0 Å². The maximum Gasteiger partial charge on any atom is 0.249 e. The first kappa shape index (κ1) is 10.8. The summed E-state index contributed by atoms with van der Waals surface area (Å²) in [5.41, 5.74) is 0. The summed E-state index contributed by atoms with van der Waals surface area (Å²) in [4.78, 5) is 22.8. The smallest absolute Gasteiger partial charge is 0.249 e. The van der Waals surface area contributed by atoms with E-state index in [0.29, 0.717) is 12.8 Å². The lowest BCUT2D eigenvalue weighted by Crippen LogP contribution is -2.41. The van der Waals surface area contributed by atoms with Crippen LogP contribution in [0.4, 0.5) is 0 Å². The summed E-state index contributed by atoms with van der Waals surface area (Å²) in [7, 11) is 0. The molecule has 2 N–H and O–H groups in total. The van der Waals surface area contributed by atoms with Gasteiger partial charge in [-0.2, -0.15) is 0 Å². The number of piperidine rings is 1. The van der Waals surface area contributed by atoms with Crippen molar-refractivity contribution < 1.29 is 14.7 Å². The maximum absolute atomic E-state index is 11.7. The number of amides is 2. The van der Waals surface area contributed by atoms with E-state index < -0.39 is 0 Å². The molecule has 1 unspecified atom stereocenters. The van der Waals surface area contributed by atoms with E-state index in [9.17, 15) is 14.7 Å². The van der Waals surface area contributed by atoms with E-state index in [1.807, 2.05) is 12.4 Å². The number of aromatic nitrogens is 1. The molecule has 0 bridgehead atoms. The van der Waals surface area contributed by atoms with Gasteiger partial charge in [0.25, 0.3) is 0 Å². The summed E-state index contributed by atoms with van der Waals surface area (Å²) < 4.78 is 1.80. The molecule has 1 saturated heterocycles. The third-order valence-corrected chi connectivity index (χ3v) is 3.22. The van der Waals surface area contributed by atoms with Gasteiger partial charge in [0.05, 0.1) is 0 Å². The van der Waals surface area contributed by atoms with Gasteiger partial charge in [-0.3, -0.25) is 14.9 Å². The quantitative estimate of drug-likeness (QED) is 0.743. The molecule has 3 rings (SSSR count). The van der Waals surface area contributed by atoms with E-state index in [0.717, 1.165) is 10.8 Å². The summed E-state index contributed by atoms with van der Waals surface area (Å²) >= 11 is 0. The number of fused-ring (bicyclic) bond motifs is 1. The van der Waals surface area contributed by atoms with Crippen molar-refractivity contribution in [3.8, 4) is 5.75 Å². The standard InChI is InChI=1S/C13H12N2O3/c16-10-2-1-8-6-15(7-9(8)5-10)11-3-4-12(17)14-13(11)18/h1-2,5-7,11,16H,3-4H2,(H,14,17,18). The van der Waals surface area contributed by atoms with Gasteiger partial charge in [-0.05, 0) is 30.0 Å². The van der Waals surface area contributed by atoms with Gasteiger partial charge in [0.15, 0.2) is 0 Å². The first-order valence-corrected chi connectivity index (χ1v) is 5.77. The fourth-order valence-corrected chi connectivity index (χ4v) is 2.30. The molecule has 1 aromatic heterocycles. The third kappa shape index (κ3) is 1.73. The molecule has 2 aromatic rings. The zero-order chi connectivity index (χ0) is 12.7. The van der Waals surface area contributed by atoms with E-state index >= 15 is 0 Å². The highest BCUT2D eigenvalue weighted by atomic mass is 16.3. The maximum atomic E-state index is 11.7. The molecule has 0 radical (unpaired) electrons. The van der Waals surface area contributed by atoms with Crippen molar-refractivity contribution >= 4 is 22.6 Å². The molecule has 1 aliphatic rings. The SMILES string of the molecule is O=C1CCC(n2cc3ccc(O)cc3c2)C(=O)N1. The Hall–Kier alpha value is -2.30. The molecule has 1 atom stereocenters. The second-order valence-electron chi connectivity index (χ2n) is 4.49. The molecule has 0 saturated carbocycles. The van der Waals surface area contributed by atoms with Gasteiger partial charge in [-0.25, -0.2) is 0 Å². The monoisotopic (exact) mass is 244 g/mol. The number of rotatable bonds is 1. The Labute approximate surface area is 103 Å². The predicted molar refractivity (Wildman–Crippen MR) is 65.0 cm³/mol. The Kier molecular flexibility index (Phi) is 2.33. The van der Waals surface area contributed by atoms with Crippen LogP contribution in [-0.2, 0) is 9.59 Å². The van der Waals surface area contributed by atoms with Crippen LogP contribution in [0.25, 0.3) is 10.8 Å². The minimum atomic E-state index is -0.350. The fraction of sp³-hybridized carbons (Fsp3) is 0.231. The average Bonchev–Trinajstić information content (AvgIpc) is 2.71. The van der Waals surface area contributed by atoms with Crippen LogP contribution in [0.3, 0.4) is 0 Å². The first-order valence-electron chi connectivity index (χ1n) is 5.77. The van der Waals surface area contributed by atoms with E-state index in [1.165, 1.54) is 0 Å². The van der Waals surface area contributed by atoms with E-state index in [-0.39, 0.29) is 23.6 Å². The number of hydrogen-bond donors (Lipinski definition) is 2. The van der Waals surface area contributed by atoms with Crippen LogP contribution in [0.15, 0.2) is 30.6 Å². The summed E-state index contributed by atoms with van der Waals surface area (Å²) in [6.45, 7) is 0. The van der Waals surface area contributed by atoms with Gasteiger partial charge in [0.1, 0.15) is 11.8 Å². The molecular weight excluding hydrogens is 232 g/mol. The summed E-state index contributed by atoms with van der Waals surface area (Å²) in [6.07, 6.45) is 4.54. The number of phenolic OH excluding ortho intramolecular Hbond substituents is 1. The topological polar surface area (TPSA) is 71.3 Å². The molecule has 5 heteroatoms. The average molecular weight is 244 g/mol. The molecule has 1 aromatic carbocycles. The van der Waals surface area contributed by atoms with Gasteiger partial charge in [0.2, 0.25) is 11.8 Å². The Balaban J connectivity index is 1.99. The van der Waals surface area contributed by atoms with Crippen LogP contribution < -0.4 is 5.32 Å². The van der Waals surface area contributed by atoms with Gasteiger partial charge in [-0.1, -0.05) is 0 Å². The molecule has 2 heterocycles. The van der Waals surface area contributed by atoms with Gasteiger partial charge >= 0.3 is 0 Å². The minimum absolute atomic E-state index is 0.198. The molecule has 92 valence electrons. The van der Waals surface area contributed by atoms with E-state index in [4.69, 9.17) is 0 Å². The van der Waals surface area contributed by atoms with Crippen molar-refractivity contribution in [3.05, 3.63) is 30.6 Å². The lowest BCUT2D eigenvalue weighted by Gasteiger charge is -2.21. The van der Waals surface area contributed by atoms with E-state index in [1.54, 1.807) is 22.8 Å². The van der Waals surface area contributed by atoms with Gasteiger partial charge in [-0.15, -0.1) is 0 Å². The Bertz CT molecular complexity index is 645. The number of nitrogens with one attached hydrogen (secondary N) is 1. The Morgan fingerprint density at radius 2 is 2.00 bits per heavy atom. The lowest BCUT2D eigenvalue weighted by atomic mass is 10.1. The summed E-state index contributed by atoms with van der Waals surface area (Å²) in [5.74, 6) is -0.287. The number of aromatic hydroxyl groups is 1. The normalized spacial score (nSPS) is 20.1. The van der Waals surface area contributed by atoms with Crippen molar-refractivity contribution in [1.29, 1.82) is 0 Å².